The number of rotatable bonds is 6. The van der Waals surface area contributed by atoms with Gasteiger partial charge in [0, 0.05) is 13.1 Å². The van der Waals surface area contributed by atoms with Crippen LogP contribution in [-0.4, -0.2) is 41.6 Å². The lowest BCUT2D eigenvalue weighted by molar-refractivity contribution is 0.367. The molecule has 16 heavy (non-hydrogen) atoms. The molecule has 1 aromatic heterocycles. The van der Waals surface area contributed by atoms with Gasteiger partial charge < -0.3 is 16.0 Å². The number of anilines is 1. The summed E-state index contributed by atoms with van der Waals surface area (Å²) in [5.74, 6) is 0. The minimum atomic E-state index is 0.331. The highest BCUT2D eigenvalue weighted by Crippen LogP contribution is 2.05. The van der Waals surface area contributed by atoms with Gasteiger partial charge >= 0.3 is 0 Å². The molecule has 0 saturated carbocycles. The van der Waals surface area contributed by atoms with Crippen molar-refractivity contribution in [3.63, 3.8) is 0 Å². The molecule has 1 aromatic rings. The number of hydrogen-bond acceptors (Lipinski definition) is 4. The highest BCUT2D eigenvalue weighted by Gasteiger charge is 1.98. The van der Waals surface area contributed by atoms with Gasteiger partial charge in [-0.15, -0.1) is 0 Å². The Kier molecular flexibility index (Phi) is 5.14. The molecule has 88 valence electrons. The van der Waals surface area contributed by atoms with E-state index in [0.717, 1.165) is 25.3 Å². The molecule has 1 heterocycles. The number of likely N-dealkylation sites (N-methyl/N-ethyl adjacent to an activating group) is 1. The molecule has 0 bridgehead atoms. The highest BCUT2D eigenvalue weighted by molar-refractivity contribution is 7.80. The van der Waals surface area contributed by atoms with Crippen LogP contribution in [-0.2, 0) is 0 Å². The molecule has 0 fully saturated rings. The number of hydrogen-bond donors (Lipinski definition) is 2. The van der Waals surface area contributed by atoms with E-state index in [0.29, 0.717) is 10.7 Å². The van der Waals surface area contributed by atoms with Crippen LogP contribution >= 0.6 is 12.2 Å². The van der Waals surface area contributed by atoms with E-state index >= 15 is 0 Å². The van der Waals surface area contributed by atoms with Crippen LogP contribution in [0.3, 0.4) is 0 Å². The second-order valence-electron chi connectivity index (χ2n) is 3.62. The van der Waals surface area contributed by atoms with Crippen molar-refractivity contribution in [3.8, 4) is 0 Å². The smallest absolute Gasteiger partial charge is 0.122 e. The first-order chi connectivity index (χ1) is 7.63. The Morgan fingerprint density at radius 1 is 1.56 bits per heavy atom. The normalized spacial score (nSPS) is 10.4. The number of thiocarbonyl (C=S) groups is 1. The van der Waals surface area contributed by atoms with Crippen molar-refractivity contribution in [2.75, 3.05) is 32.0 Å². The maximum Gasteiger partial charge on any atom is 0.122 e. The number of nitrogens with one attached hydrogen (secondary N) is 1. The molecule has 0 saturated heterocycles. The number of nitrogens with two attached hydrogens (primary N) is 1. The lowest BCUT2D eigenvalue weighted by Gasteiger charge is -2.14. The van der Waals surface area contributed by atoms with Gasteiger partial charge in [-0.05, 0) is 25.7 Å². The number of aromatic nitrogens is 1. The maximum atomic E-state index is 5.46. The standard InChI is InChI=1S/C11H18N4S/c1-3-15(2)7-6-13-9-4-5-10(11(12)16)14-8-9/h4-5,8,13H,3,6-7H2,1-2H3,(H2,12,16). The van der Waals surface area contributed by atoms with Crippen molar-refractivity contribution in [1.82, 2.24) is 9.88 Å². The molecule has 0 spiro atoms. The van der Waals surface area contributed by atoms with Gasteiger partial charge in [0.2, 0.25) is 0 Å². The van der Waals surface area contributed by atoms with Gasteiger partial charge in [-0.2, -0.15) is 0 Å². The van der Waals surface area contributed by atoms with Gasteiger partial charge in [0.25, 0.3) is 0 Å². The first-order valence-electron chi connectivity index (χ1n) is 5.31. The predicted molar refractivity (Wildman–Crippen MR) is 71.8 cm³/mol. The minimum Gasteiger partial charge on any atom is -0.388 e. The summed E-state index contributed by atoms with van der Waals surface area (Å²) in [7, 11) is 2.09. The third-order valence-corrected chi connectivity index (χ3v) is 2.59. The van der Waals surface area contributed by atoms with Gasteiger partial charge in [0.15, 0.2) is 0 Å². The van der Waals surface area contributed by atoms with E-state index in [1.165, 1.54) is 0 Å². The van der Waals surface area contributed by atoms with Crippen molar-refractivity contribution in [2.45, 2.75) is 6.92 Å². The van der Waals surface area contributed by atoms with E-state index in [1.54, 1.807) is 6.20 Å². The monoisotopic (exact) mass is 238 g/mol. The molecule has 0 radical (unpaired) electrons. The molecule has 0 aliphatic rings. The Labute approximate surface area is 102 Å². The van der Waals surface area contributed by atoms with Crippen LogP contribution in [0.25, 0.3) is 0 Å². The Hall–Kier alpha value is -1.20. The van der Waals surface area contributed by atoms with E-state index in [2.05, 4.69) is 29.2 Å². The summed E-state index contributed by atoms with van der Waals surface area (Å²) in [4.78, 5) is 6.72. The molecule has 0 unspecified atom stereocenters. The van der Waals surface area contributed by atoms with Crippen molar-refractivity contribution in [1.29, 1.82) is 0 Å². The molecular formula is C11H18N4S. The lowest BCUT2D eigenvalue weighted by Crippen LogP contribution is -2.24. The summed E-state index contributed by atoms with van der Waals surface area (Å²) >= 11 is 4.83. The van der Waals surface area contributed by atoms with E-state index in [4.69, 9.17) is 18.0 Å². The molecule has 0 atom stereocenters. The fourth-order valence-corrected chi connectivity index (χ4v) is 1.31. The Morgan fingerprint density at radius 3 is 2.81 bits per heavy atom. The zero-order chi connectivity index (χ0) is 12.0. The molecule has 4 nitrogen and oxygen atoms in total. The fraction of sp³-hybridized carbons (Fsp3) is 0.455. The van der Waals surface area contributed by atoms with Gasteiger partial charge in [0.05, 0.1) is 17.6 Å². The van der Waals surface area contributed by atoms with Crippen LogP contribution in [0, 0.1) is 0 Å². The summed E-state index contributed by atoms with van der Waals surface area (Å²) < 4.78 is 0. The largest absolute Gasteiger partial charge is 0.388 e. The summed E-state index contributed by atoms with van der Waals surface area (Å²) in [5, 5.41) is 3.29. The van der Waals surface area contributed by atoms with Crippen LogP contribution < -0.4 is 11.1 Å². The van der Waals surface area contributed by atoms with E-state index in [9.17, 15) is 0 Å². The molecule has 5 heteroatoms. The van der Waals surface area contributed by atoms with Crippen LogP contribution in [0.1, 0.15) is 12.6 Å². The van der Waals surface area contributed by atoms with Crippen LogP contribution in [0.5, 0.6) is 0 Å². The molecule has 0 aliphatic heterocycles. The van der Waals surface area contributed by atoms with Gasteiger partial charge in [-0.3, -0.25) is 4.98 Å². The summed E-state index contributed by atoms with van der Waals surface area (Å²) in [6.07, 6.45) is 1.75. The number of nitrogens with zero attached hydrogens (tertiary/aromatic N) is 2. The number of pyridine rings is 1. The first kappa shape index (κ1) is 12.9. The van der Waals surface area contributed by atoms with Crippen molar-refractivity contribution in [3.05, 3.63) is 24.0 Å². The molecule has 0 aromatic carbocycles. The van der Waals surface area contributed by atoms with E-state index in [-0.39, 0.29) is 0 Å². The summed E-state index contributed by atoms with van der Waals surface area (Å²) in [6.45, 7) is 5.10. The first-order valence-corrected chi connectivity index (χ1v) is 5.72. The van der Waals surface area contributed by atoms with E-state index in [1.807, 2.05) is 12.1 Å². The Morgan fingerprint density at radius 2 is 2.31 bits per heavy atom. The average molecular weight is 238 g/mol. The van der Waals surface area contributed by atoms with Crippen LogP contribution in [0.4, 0.5) is 5.69 Å². The van der Waals surface area contributed by atoms with Gasteiger partial charge in [0.1, 0.15) is 4.99 Å². The van der Waals surface area contributed by atoms with Crippen molar-refractivity contribution < 1.29 is 0 Å². The molecule has 3 N–H and O–H groups in total. The van der Waals surface area contributed by atoms with E-state index < -0.39 is 0 Å². The topological polar surface area (TPSA) is 54.2 Å². The van der Waals surface area contributed by atoms with Crippen molar-refractivity contribution >= 4 is 22.9 Å². The average Bonchev–Trinajstić information content (AvgIpc) is 2.29. The molecule has 0 aliphatic carbocycles. The third kappa shape index (κ3) is 4.12. The second kappa shape index (κ2) is 6.40. The van der Waals surface area contributed by atoms with Crippen LogP contribution in [0.15, 0.2) is 18.3 Å². The van der Waals surface area contributed by atoms with Crippen molar-refractivity contribution in [2.24, 2.45) is 5.73 Å². The van der Waals surface area contributed by atoms with Crippen LogP contribution in [0.2, 0.25) is 0 Å². The lowest BCUT2D eigenvalue weighted by atomic mass is 10.3. The Balaban J connectivity index is 2.40. The van der Waals surface area contributed by atoms with Gasteiger partial charge in [-0.1, -0.05) is 19.1 Å². The minimum absolute atomic E-state index is 0.331. The SMILES string of the molecule is CCN(C)CCNc1ccc(C(N)=S)nc1. The molecule has 0 amide bonds. The predicted octanol–water partition coefficient (Wildman–Crippen LogP) is 1.08. The molecule has 1 rings (SSSR count). The second-order valence-corrected chi connectivity index (χ2v) is 4.06. The zero-order valence-corrected chi connectivity index (χ0v) is 10.5. The molecular weight excluding hydrogens is 220 g/mol. The summed E-state index contributed by atoms with van der Waals surface area (Å²) in [5.41, 5.74) is 7.11. The summed E-state index contributed by atoms with van der Waals surface area (Å²) in [6, 6.07) is 3.77. The zero-order valence-electron chi connectivity index (χ0n) is 9.73. The van der Waals surface area contributed by atoms with Gasteiger partial charge in [-0.25, -0.2) is 0 Å². The Bertz CT molecular complexity index is 336. The maximum absolute atomic E-state index is 5.46. The third-order valence-electron chi connectivity index (χ3n) is 2.38. The highest BCUT2D eigenvalue weighted by atomic mass is 32.1. The quantitative estimate of drug-likeness (QED) is 0.726. The fourth-order valence-electron chi connectivity index (χ4n) is 1.19.